The summed E-state index contributed by atoms with van der Waals surface area (Å²) in [7, 11) is 0. The summed E-state index contributed by atoms with van der Waals surface area (Å²) >= 11 is 0. The monoisotopic (exact) mass is 228 g/mol. The lowest BCUT2D eigenvalue weighted by Gasteiger charge is -2.26. The summed E-state index contributed by atoms with van der Waals surface area (Å²) in [6.07, 6.45) is -6.54. The standard InChI is InChI=1S/C4H3F7N2O/c5-2(6,1(14)13-12)3(7,8)4(9,10)11/h12H2,(H,13,14). The quantitative estimate of drug-likeness (QED) is 0.318. The number of carbonyl (C=O) groups is 1. The summed E-state index contributed by atoms with van der Waals surface area (Å²) in [5, 5.41) is 0. The van der Waals surface area contributed by atoms with Crippen molar-refractivity contribution in [1.29, 1.82) is 0 Å². The van der Waals surface area contributed by atoms with E-state index in [9.17, 15) is 35.5 Å². The summed E-state index contributed by atoms with van der Waals surface area (Å²) < 4.78 is 82.3. The molecular weight excluding hydrogens is 225 g/mol. The second kappa shape index (κ2) is 3.26. The number of hydrogen-bond donors (Lipinski definition) is 2. The van der Waals surface area contributed by atoms with Gasteiger partial charge in [0.15, 0.2) is 0 Å². The highest BCUT2D eigenvalue weighted by Crippen LogP contribution is 2.46. The van der Waals surface area contributed by atoms with E-state index in [1.165, 1.54) is 0 Å². The Morgan fingerprint density at radius 1 is 1.00 bits per heavy atom. The van der Waals surface area contributed by atoms with Gasteiger partial charge in [0.1, 0.15) is 0 Å². The summed E-state index contributed by atoms with van der Waals surface area (Å²) in [5.41, 5.74) is 0.515. The maximum Gasteiger partial charge on any atom is 0.460 e. The van der Waals surface area contributed by atoms with Gasteiger partial charge in [-0.25, -0.2) is 5.84 Å². The van der Waals surface area contributed by atoms with Gasteiger partial charge >= 0.3 is 23.9 Å². The molecule has 3 N–H and O–H groups in total. The topological polar surface area (TPSA) is 55.1 Å². The molecule has 0 aromatic rings. The van der Waals surface area contributed by atoms with Gasteiger partial charge in [-0.2, -0.15) is 30.7 Å². The molecule has 1 amide bonds. The van der Waals surface area contributed by atoms with Crippen molar-refractivity contribution in [3.05, 3.63) is 0 Å². The summed E-state index contributed by atoms with van der Waals surface area (Å²) in [4.78, 5) is 9.96. The molecule has 0 aromatic heterocycles. The highest BCUT2D eigenvalue weighted by atomic mass is 19.4. The number of carbonyl (C=O) groups excluding carboxylic acids is 1. The summed E-state index contributed by atoms with van der Waals surface area (Å²) in [5.74, 6) is -11.3. The van der Waals surface area contributed by atoms with Gasteiger partial charge in [0, 0.05) is 0 Å². The molecule has 0 aliphatic heterocycles. The second-order valence-electron chi connectivity index (χ2n) is 2.12. The van der Waals surface area contributed by atoms with Crippen molar-refractivity contribution in [2.24, 2.45) is 5.84 Å². The molecule has 0 unspecified atom stereocenters. The van der Waals surface area contributed by atoms with E-state index in [4.69, 9.17) is 0 Å². The molecule has 0 rings (SSSR count). The van der Waals surface area contributed by atoms with Gasteiger partial charge in [0.25, 0.3) is 0 Å². The predicted octanol–water partition coefficient (Wildman–Crippen LogP) is 0.809. The number of nitrogens with two attached hydrogens (primary N) is 1. The molecular formula is C4H3F7N2O. The Morgan fingerprint density at radius 2 is 1.36 bits per heavy atom. The first-order valence-electron chi connectivity index (χ1n) is 2.82. The zero-order valence-electron chi connectivity index (χ0n) is 6.13. The van der Waals surface area contributed by atoms with Crippen molar-refractivity contribution in [2.45, 2.75) is 18.0 Å². The van der Waals surface area contributed by atoms with Gasteiger partial charge in [0.2, 0.25) is 0 Å². The van der Waals surface area contributed by atoms with Crippen LogP contribution in [0.25, 0.3) is 0 Å². The van der Waals surface area contributed by atoms with Crippen LogP contribution in [0.2, 0.25) is 0 Å². The molecule has 10 heteroatoms. The summed E-state index contributed by atoms with van der Waals surface area (Å²) in [6, 6.07) is 0. The minimum atomic E-state index is -6.54. The van der Waals surface area contributed by atoms with Gasteiger partial charge in [-0.3, -0.25) is 10.2 Å². The largest absolute Gasteiger partial charge is 0.460 e. The fraction of sp³-hybridized carbons (Fsp3) is 0.750. The third kappa shape index (κ3) is 1.74. The van der Waals surface area contributed by atoms with Crippen molar-refractivity contribution in [2.75, 3.05) is 0 Å². The Bertz CT molecular complexity index is 234. The molecule has 0 aliphatic rings. The SMILES string of the molecule is NNC(=O)C(F)(F)C(F)(F)C(F)(F)F. The number of nitrogens with one attached hydrogen (secondary N) is 1. The van der Waals surface area contributed by atoms with Crippen LogP contribution in [0.3, 0.4) is 0 Å². The minimum Gasteiger partial charge on any atom is -0.289 e. The maximum atomic E-state index is 12.1. The van der Waals surface area contributed by atoms with Crippen LogP contribution >= 0.6 is 0 Å². The van der Waals surface area contributed by atoms with Crippen LogP contribution in [-0.4, -0.2) is 23.9 Å². The number of rotatable bonds is 2. The number of halogens is 7. The molecule has 0 aliphatic carbocycles. The normalized spacial score (nSPS) is 14.0. The van der Waals surface area contributed by atoms with E-state index in [2.05, 4.69) is 5.84 Å². The van der Waals surface area contributed by atoms with E-state index < -0.39 is 23.9 Å². The zero-order valence-corrected chi connectivity index (χ0v) is 6.13. The highest BCUT2D eigenvalue weighted by molar-refractivity contribution is 5.84. The van der Waals surface area contributed by atoms with E-state index in [0.717, 1.165) is 0 Å². The van der Waals surface area contributed by atoms with Gasteiger partial charge < -0.3 is 0 Å². The smallest absolute Gasteiger partial charge is 0.289 e. The fourth-order valence-electron chi connectivity index (χ4n) is 0.411. The average Bonchev–Trinajstić information content (AvgIpc) is 2.00. The molecule has 0 atom stereocenters. The van der Waals surface area contributed by atoms with Crippen LogP contribution in [0.15, 0.2) is 0 Å². The molecule has 0 aromatic carbocycles. The van der Waals surface area contributed by atoms with Crippen molar-refractivity contribution in [3.8, 4) is 0 Å². The first-order valence-corrected chi connectivity index (χ1v) is 2.82. The Hall–Kier alpha value is -1.06. The maximum absolute atomic E-state index is 12.1. The van der Waals surface area contributed by atoms with Gasteiger partial charge in [-0.05, 0) is 0 Å². The Labute approximate surface area is 72.0 Å². The molecule has 0 radical (unpaired) electrons. The predicted molar refractivity (Wildman–Crippen MR) is 28.3 cm³/mol. The molecule has 0 heterocycles. The minimum absolute atomic E-state index is 0.515. The van der Waals surface area contributed by atoms with Gasteiger partial charge in [0.05, 0.1) is 0 Å². The highest BCUT2D eigenvalue weighted by Gasteiger charge is 2.76. The molecule has 0 saturated heterocycles. The Kier molecular flexibility index (Phi) is 3.01. The van der Waals surface area contributed by atoms with Crippen LogP contribution in [-0.2, 0) is 4.79 Å². The molecule has 0 fully saturated rings. The third-order valence-electron chi connectivity index (χ3n) is 1.17. The van der Waals surface area contributed by atoms with Gasteiger partial charge in [-0.15, -0.1) is 0 Å². The van der Waals surface area contributed by atoms with E-state index in [-0.39, 0.29) is 0 Å². The van der Waals surface area contributed by atoms with Crippen LogP contribution < -0.4 is 11.3 Å². The van der Waals surface area contributed by atoms with Crippen LogP contribution in [0.4, 0.5) is 30.7 Å². The van der Waals surface area contributed by atoms with Crippen LogP contribution in [0, 0.1) is 0 Å². The first-order chi connectivity index (χ1) is 5.98. The van der Waals surface area contributed by atoms with Crippen LogP contribution in [0.5, 0.6) is 0 Å². The van der Waals surface area contributed by atoms with Crippen molar-refractivity contribution in [3.63, 3.8) is 0 Å². The molecule has 0 saturated carbocycles. The van der Waals surface area contributed by atoms with E-state index in [1.807, 2.05) is 0 Å². The number of alkyl halides is 7. The number of hydrogen-bond acceptors (Lipinski definition) is 2. The molecule has 0 spiro atoms. The molecule has 3 nitrogen and oxygen atoms in total. The molecule has 14 heavy (non-hydrogen) atoms. The second-order valence-corrected chi connectivity index (χ2v) is 2.12. The van der Waals surface area contributed by atoms with E-state index >= 15 is 0 Å². The van der Waals surface area contributed by atoms with Crippen molar-refractivity contribution < 1.29 is 35.5 Å². The molecule has 0 bridgehead atoms. The fourth-order valence-corrected chi connectivity index (χ4v) is 0.411. The third-order valence-corrected chi connectivity index (χ3v) is 1.17. The number of amides is 1. The molecule has 84 valence electrons. The lowest BCUT2D eigenvalue weighted by atomic mass is 10.1. The van der Waals surface area contributed by atoms with Crippen molar-refractivity contribution in [1.82, 2.24) is 5.43 Å². The Morgan fingerprint density at radius 3 is 1.57 bits per heavy atom. The average molecular weight is 228 g/mol. The number of hydrazine groups is 1. The lowest BCUT2D eigenvalue weighted by Crippen LogP contribution is -2.60. The lowest BCUT2D eigenvalue weighted by molar-refractivity contribution is -0.344. The Balaban J connectivity index is 5.18. The van der Waals surface area contributed by atoms with Crippen LogP contribution in [0.1, 0.15) is 0 Å². The van der Waals surface area contributed by atoms with Crippen molar-refractivity contribution >= 4 is 5.91 Å². The first kappa shape index (κ1) is 12.9. The van der Waals surface area contributed by atoms with E-state index in [0.29, 0.717) is 5.43 Å². The zero-order chi connectivity index (χ0) is 11.8. The van der Waals surface area contributed by atoms with E-state index in [1.54, 1.807) is 0 Å². The van der Waals surface area contributed by atoms with Gasteiger partial charge in [-0.1, -0.05) is 0 Å². The summed E-state index contributed by atoms with van der Waals surface area (Å²) in [6.45, 7) is 0.